The van der Waals surface area contributed by atoms with Gasteiger partial charge in [-0.25, -0.2) is 0 Å². The fourth-order valence-corrected chi connectivity index (χ4v) is 1.68. The summed E-state index contributed by atoms with van der Waals surface area (Å²) in [6, 6.07) is 17.9. The van der Waals surface area contributed by atoms with E-state index in [1.165, 1.54) is 4.90 Å². The van der Waals surface area contributed by atoms with Crippen molar-refractivity contribution in [1.82, 2.24) is 0 Å². The van der Waals surface area contributed by atoms with Crippen molar-refractivity contribution in [1.29, 1.82) is 0 Å². The lowest BCUT2D eigenvalue weighted by molar-refractivity contribution is 0.482. The molecule has 0 aliphatic rings. The van der Waals surface area contributed by atoms with E-state index in [0.29, 0.717) is 0 Å². The zero-order valence-corrected chi connectivity index (χ0v) is 9.33. The molecule has 0 aliphatic heterocycles. The van der Waals surface area contributed by atoms with E-state index in [4.69, 9.17) is 4.74 Å². The molecule has 2 rings (SSSR count). The molecule has 0 aromatic heterocycles. The van der Waals surface area contributed by atoms with Gasteiger partial charge in [-0.3, -0.25) is 0 Å². The molecule has 2 aromatic rings. The van der Waals surface area contributed by atoms with E-state index in [0.717, 1.165) is 11.5 Å². The molecule has 0 aliphatic carbocycles. The van der Waals surface area contributed by atoms with E-state index in [-0.39, 0.29) is 0 Å². The molecule has 0 heterocycles. The van der Waals surface area contributed by atoms with Gasteiger partial charge in [0, 0.05) is 4.90 Å². The maximum Gasteiger partial charge on any atom is 0.127 e. The van der Waals surface area contributed by atoms with Gasteiger partial charge in [-0.2, -0.15) is 0 Å². The summed E-state index contributed by atoms with van der Waals surface area (Å²) in [5, 5.41) is 0. The van der Waals surface area contributed by atoms with Gasteiger partial charge in [-0.15, -0.1) is 11.8 Å². The molecular formula is C13H12OS. The van der Waals surface area contributed by atoms with Gasteiger partial charge in [0.15, 0.2) is 0 Å². The fraction of sp³-hybridized carbons (Fsp3) is 0.0769. The van der Waals surface area contributed by atoms with Gasteiger partial charge in [-0.1, -0.05) is 18.2 Å². The second-order valence-electron chi connectivity index (χ2n) is 3.09. The summed E-state index contributed by atoms with van der Waals surface area (Å²) in [5.74, 6) is 1.74. The minimum absolute atomic E-state index is 0.870. The highest BCUT2D eigenvalue weighted by atomic mass is 32.2. The van der Waals surface area contributed by atoms with Crippen LogP contribution < -0.4 is 4.74 Å². The molecule has 0 spiro atoms. The lowest BCUT2D eigenvalue weighted by Gasteiger charge is -2.05. The summed E-state index contributed by atoms with van der Waals surface area (Å²) < 4.78 is 5.67. The molecular weight excluding hydrogens is 204 g/mol. The molecule has 2 heteroatoms. The first kappa shape index (κ1) is 10.1. The molecule has 2 aromatic carbocycles. The summed E-state index contributed by atoms with van der Waals surface area (Å²) >= 11 is 1.73. The molecule has 0 saturated carbocycles. The molecule has 15 heavy (non-hydrogen) atoms. The van der Waals surface area contributed by atoms with Crippen LogP contribution in [-0.2, 0) is 0 Å². The molecule has 0 atom stereocenters. The van der Waals surface area contributed by atoms with Gasteiger partial charge in [0.25, 0.3) is 0 Å². The smallest absolute Gasteiger partial charge is 0.127 e. The quantitative estimate of drug-likeness (QED) is 0.711. The van der Waals surface area contributed by atoms with Gasteiger partial charge in [-0.05, 0) is 42.7 Å². The Bertz CT molecular complexity index is 408. The standard InChI is InChI=1S/C13H12OS/c1-15-13-9-7-12(8-10-13)14-11-5-3-2-4-6-11/h2-10H,1H3. The summed E-state index contributed by atoms with van der Waals surface area (Å²) in [6.45, 7) is 0. The van der Waals surface area contributed by atoms with Crippen LogP contribution in [0.25, 0.3) is 0 Å². The predicted octanol–water partition coefficient (Wildman–Crippen LogP) is 4.20. The van der Waals surface area contributed by atoms with Crippen molar-refractivity contribution in [3.63, 3.8) is 0 Å². The summed E-state index contributed by atoms with van der Waals surface area (Å²) in [5.41, 5.74) is 0. The van der Waals surface area contributed by atoms with Crippen LogP contribution in [0.1, 0.15) is 0 Å². The number of benzene rings is 2. The highest BCUT2D eigenvalue weighted by Gasteiger charge is 1.95. The van der Waals surface area contributed by atoms with Gasteiger partial charge >= 0.3 is 0 Å². The number of hydrogen-bond acceptors (Lipinski definition) is 2. The predicted molar refractivity (Wildman–Crippen MR) is 64.7 cm³/mol. The van der Waals surface area contributed by atoms with Crippen LogP contribution in [0, 0.1) is 0 Å². The van der Waals surface area contributed by atoms with Crippen molar-refractivity contribution < 1.29 is 4.74 Å². The van der Waals surface area contributed by atoms with E-state index >= 15 is 0 Å². The zero-order chi connectivity index (χ0) is 10.5. The Morgan fingerprint density at radius 1 is 0.800 bits per heavy atom. The summed E-state index contributed by atoms with van der Waals surface area (Å²) in [7, 11) is 0. The van der Waals surface area contributed by atoms with Crippen LogP contribution in [0.4, 0.5) is 0 Å². The molecule has 0 bridgehead atoms. The average Bonchev–Trinajstić information content (AvgIpc) is 2.31. The molecule has 76 valence electrons. The van der Waals surface area contributed by atoms with Gasteiger partial charge < -0.3 is 4.74 Å². The first-order chi connectivity index (χ1) is 7.38. The Morgan fingerprint density at radius 2 is 1.40 bits per heavy atom. The third-order valence-electron chi connectivity index (χ3n) is 2.04. The lowest BCUT2D eigenvalue weighted by atomic mass is 10.3. The van der Waals surface area contributed by atoms with Crippen LogP contribution in [-0.4, -0.2) is 6.26 Å². The van der Waals surface area contributed by atoms with Crippen molar-refractivity contribution in [3.05, 3.63) is 54.6 Å². The van der Waals surface area contributed by atoms with Crippen molar-refractivity contribution in [2.24, 2.45) is 0 Å². The van der Waals surface area contributed by atoms with Crippen molar-refractivity contribution >= 4 is 11.8 Å². The first-order valence-electron chi connectivity index (χ1n) is 4.75. The van der Waals surface area contributed by atoms with Gasteiger partial charge in [0.05, 0.1) is 0 Å². The van der Waals surface area contributed by atoms with Crippen LogP contribution in [0.2, 0.25) is 0 Å². The second kappa shape index (κ2) is 4.89. The van der Waals surface area contributed by atoms with Gasteiger partial charge in [0.1, 0.15) is 11.5 Å². The van der Waals surface area contributed by atoms with Crippen LogP contribution in [0.5, 0.6) is 11.5 Å². The Kier molecular flexibility index (Phi) is 3.30. The lowest BCUT2D eigenvalue weighted by Crippen LogP contribution is -1.82. The molecule has 0 unspecified atom stereocenters. The summed E-state index contributed by atoms with van der Waals surface area (Å²) in [4.78, 5) is 1.25. The number of rotatable bonds is 3. The topological polar surface area (TPSA) is 9.23 Å². The fourth-order valence-electron chi connectivity index (χ4n) is 1.27. The number of thioether (sulfide) groups is 1. The Balaban J connectivity index is 2.11. The third kappa shape index (κ3) is 2.77. The van der Waals surface area contributed by atoms with Gasteiger partial charge in [0.2, 0.25) is 0 Å². The minimum Gasteiger partial charge on any atom is -0.457 e. The van der Waals surface area contributed by atoms with E-state index in [1.54, 1.807) is 11.8 Å². The normalized spacial score (nSPS) is 9.93. The van der Waals surface area contributed by atoms with Crippen LogP contribution in [0.15, 0.2) is 59.5 Å². The molecule has 0 fully saturated rings. The number of ether oxygens (including phenoxy) is 1. The first-order valence-corrected chi connectivity index (χ1v) is 5.98. The maximum absolute atomic E-state index is 5.67. The number of hydrogen-bond donors (Lipinski definition) is 0. The molecule has 1 nitrogen and oxygen atoms in total. The molecule has 0 saturated heterocycles. The van der Waals surface area contributed by atoms with Crippen molar-refractivity contribution in [2.75, 3.05) is 6.26 Å². The largest absolute Gasteiger partial charge is 0.457 e. The highest BCUT2D eigenvalue weighted by Crippen LogP contribution is 2.23. The molecule has 0 amide bonds. The SMILES string of the molecule is CSc1ccc(Oc2ccccc2)cc1. The zero-order valence-electron chi connectivity index (χ0n) is 8.51. The average molecular weight is 216 g/mol. The second-order valence-corrected chi connectivity index (χ2v) is 3.97. The van der Waals surface area contributed by atoms with Crippen LogP contribution >= 0.6 is 11.8 Å². The Hall–Kier alpha value is -1.41. The Morgan fingerprint density at radius 3 is 2.00 bits per heavy atom. The molecule has 0 N–H and O–H groups in total. The van der Waals surface area contributed by atoms with Crippen molar-refractivity contribution in [2.45, 2.75) is 4.90 Å². The minimum atomic E-state index is 0.870. The molecule has 0 radical (unpaired) electrons. The monoisotopic (exact) mass is 216 g/mol. The van der Waals surface area contributed by atoms with E-state index in [9.17, 15) is 0 Å². The summed E-state index contributed by atoms with van der Waals surface area (Å²) in [6.07, 6.45) is 2.06. The third-order valence-corrected chi connectivity index (χ3v) is 2.78. The highest BCUT2D eigenvalue weighted by molar-refractivity contribution is 7.98. The van der Waals surface area contributed by atoms with Crippen molar-refractivity contribution in [3.8, 4) is 11.5 Å². The van der Waals surface area contributed by atoms with Crippen LogP contribution in [0.3, 0.4) is 0 Å². The number of para-hydroxylation sites is 1. The Labute approximate surface area is 94.1 Å². The van der Waals surface area contributed by atoms with E-state index in [1.807, 2.05) is 42.5 Å². The maximum atomic E-state index is 5.67. The van der Waals surface area contributed by atoms with E-state index < -0.39 is 0 Å². The van der Waals surface area contributed by atoms with E-state index in [2.05, 4.69) is 18.4 Å².